The molecule has 3 rings (SSSR count). The number of halogens is 2. The van der Waals surface area contributed by atoms with Gasteiger partial charge in [0.05, 0.1) is 0 Å². The third-order valence-corrected chi connectivity index (χ3v) is 3.50. The van der Waals surface area contributed by atoms with E-state index in [0.29, 0.717) is 0 Å². The van der Waals surface area contributed by atoms with Crippen LogP contribution in [-0.2, 0) is 26.2 Å². The van der Waals surface area contributed by atoms with E-state index < -0.39 is 0 Å². The SMILES string of the molecule is CC1=CC=CC2[CH-]C(C)CC12.[C-]1=CC=CC1.[Cl-].[Cl-].[Zr+4]. The van der Waals surface area contributed by atoms with Gasteiger partial charge in [-0.2, -0.15) is 12.0 Å². The topological polar surface area (TPSA) is 0 Å². The maximum absolute atomic E-state index is 2.99. The monoisotopic (exact) mass is 372 g/mol. The van der Waals surface area contributed by atoms with Gasteiger partial charge in [0, 0.05) is 0 Å². The van der Waals surface area contributed by atoms with Crippen LogP contribution >= 0.6 is 0 Å². The van der Waals surface area contributed by atoms with Crippen molar-refractivity contribution in [2.75, 3.05) is 0 Å². The van der Waals surface area contributed by atoms with Crippen LogP contribution in [0.2, 0.25) is 0 Å². The van der Waals surface area contributed by atoms with Gasteiger partial charge in [0.2, 0.25) is 0 Å². The van der Waals surface area contributed by atoms with Gasteiger partial charge in [-0.1, -0.05) is 31.1 Å². The molecule has 0 aromatic rings. The fraction of sp³-hybridized carbons (Fsp3) is 0.438. The molecule has 1 saturated carbocycles. The maximum atomic E-state index is 2.99. The summed E-state index contributed by atoms with van der Waals surface area (Å²) in [5, 5.41) is 0. The first-order chi connectivity index (χ1) is 7.77. The second-order valence-electron chi connectivity index (χ2n) is 4.89. The number of hydrogen-bond donors (Lipinski definition) is 0. The minimum absolute atomic E-state index is 0. The van der Waals surface area contributed by atoms with Crippen LogP contribution in [0.3, 0.4) is 0 Å². The van der Waals surface area contributed by atoms with Crippen molar-refractivity contribution in [2.45, 2.75) is 26.7 Å². The average Bonchev–Trinajstić information content (AvgIpc) is 2.88. The molecule has 0 N–H and O–H groups in total. The van der Waals surface area contributed by atoms with Crippen LogP contribution in [-0.4, -0.2) is 0 Å². The molecule has 1 fully saturated rings. The van der Waals surface area contributed by atoms with Gasteiger partial charge in [-0.3, -0.25) is 6.08 Å². The number of fused-ring (bicyclic) bond motifs is 1. The van der Waals surface area contributed by atoms with Gasteiger partial charge in [0.25, 0.3) is 0 Å². The molecule has 3 atom stereocenters. The molecular weight excluding hydrogens is 354 g/mol. The van der Waals surface area contributed by atoms with E-state index in [1.165, 1.54) is 6.42 Å². The number of rotatable bonds is 0. The van der Waals surface area contributed by atoms with Crippen LogP contribution < -0.4 is 24.8 Å². The molecule has 0 spiro atoms. The number of hydrogen-bond acceptors (Lipinski definition) is 0. The van der Waals surface area contributed by atoms with Crippen LogP contribution in [0.4, 0.5) is 0 Å². The van der Waals surface area contributed by atoms with Crippen molar-refractivity contribution in [3.8, 4) is 0 Å². The summed E-state index contributed by atoms with van der Waals surface area (Å²) < 4.78 is 0. The van der Waals surface area contributed by atoms with Crippen molar-refractivity contribution in [1.29, 1.82) is 0 Å². The van der Waals surface area contributed by atoms with Crippen LogP contribution in [0.1, 0.15) is 26.7 Å². The van der Waals surface area contributed by atoms with Crippen LogP contribution in [0.5, 0.6) is 0 Å². The Kier molecular flexibility index (Phi) is 12.7. The van der Waals surface area contributed by atoms with Crippen molar-refractivity contribution < 1.29 is 51.0 Å². The Morgan fingerprint density at radius 1 is 1.26 bits per heavy atom. The van der Waals surface area contributed by atoms with Gasteiger partial charge in [-0.25, -0.2) is 12.2 Å². The summed E-state index contributed by atoms with van der Waals surface area (Å²) in [5.74, 6) is 2.39. The van der Waals surface area contributed by atoms with Gasteiger partial charge in [-0.05, 0) is 12.8 Å². The zero-order chi connectivity index (χ0) is 11.4. The Morgan fingerprint density at radius 3 is 2.47 bits per heavy atom. The van der Waals surface area contributed by atoms with E-state index in [2.05, 4.69) is 50.6 Å². The van der Waals surface area contributed by atoms with E-state index in [4.69, 9.17) is 0 Å². The summed E-state index contributed by atoms with van der Waals surface area (Å²) in [5.41, 5.74) is 1.57. The van der Waals surface area contributed by atoms with E-state index in [9.17, 15) is 0 Å². The zero-order valence-corrected chi connectivity index (χ0v) is 15.4. The average molecular weight is 374 g/mol. The van der Waals surface area contributed by atoms with Crippen molar-refractivity contribution in [1.82, 2.24) is 0 Å². The predicted octanol–water partition coefficient (Wildman–Crippen LogP) is -1.71. The molecule has 102 valence electrons. The molecule has 0 amide bonds. The summed E-state index contributed by atoms with van der Waals surface area (Å²) in [4.78, 5) is 0. The summed E-state index contributed by atoms with van der Waals surface area (Å²) >= 11 is 0. The minimum atomic E-state index is 0. The first-order valence-corrected chi connectivity index (χ1v) is 6.19. The molecule has 3 unspecified atom stereocenters. The van der Waals surface area contributed by atoms with Crippen LogP contribution in [0.25, 0.3) is 0 Å². The predicted molar refractivity (Wildman–Crippen MR) is 69.5 cm³/mol. The molecule has 0 saturated heterocycles. The number of allylic oxidation sites excluding steroid dienone is 8. The van der Waals surface area contributed by atoms with Gasteiger partial charge >= 0.3 is 26.2 Å². The molecule has 0 radical (unpaired) electrons. The molecule has 19 heavy (non-hydrogen) atoms. The Balaban J connectivity index is 0. The second kappa shape index (κ2) is 11.1. The van der Waals surface area contributed by atoms with Gasteiger partial charge in [0.15, 0.2) is 0 Å². The zero-order valence-electron chi connectivity index (χ0n) is 11.4. The first kappa shape index (κ1) is 21.7. The molecule has 0 bridgehead atoms. The fourth-order valence-electron chi connectivity index (χ4n) is 2.64. The first-order valence-electron chi connectivity index (χ1n) is 6.19. The summed E-state index contributed by atoms with van der Waals surface area (Å²) in [6, 6.07) is 0. The van der Waals surface area contributed by atoms with E-state index >= 15 is 0 Å². The molecule has 3 aliphatic rings. The molecule has 0 aromatic carbocycles. The Hall–Kier alpha value is 0.423. The minimum Gasteiger partial charge on any atom is -1.00 e. The molecular formula is C16H20Cl2Zr. The third-order valence-electron chi connectivity index (χ3n) is 3.50. The summed E-state index contributed by atoms with van der Waals surface area (Å²) in [6.45, 7) is 4.58. The van der Waals surface area contributed by atoms with Crippen molar-refractivity contribution in [3.05, 3.63) is 54.5 Å². The largest absolute Gasteiger partial charge is 4.00 e. The summed E-state index contributed by atoms with van der Waals surface area (Å²) in [6.07, 6.45) is 20.6. The van der Waals surface area contributed by atoms with E-state index in [1.807, 2.05) is 12.2 Å². The van der Waals surface area contributed by atoms with E-state index in [0.717, 1.165) is 24.2 Å². The molecule has 0 aromatic heterocycles. The normalized spacial score (nSPS) is 28.9. The molecule has 3 heteroatoms. The van der Waals surface area contributed by atoms with Gasteiger partial charge < -0.3 is 31.2 Å². The van der Waals surface area contributed by atoms with Crippen molar-refractivity contribution in [2.24, 2.45) is 17.8 Å². The van der Waals surface area contributed by atoms with Crippen LogP contribution in [0, 0.1) is 30.3 Å². The van der Waals surface area contributed by atoms with Gasteiger partial charge in [-0.15, -0.1) is 18.4 Å². The van der Waals surface area contributed by atoms with Crippen molar-refractivity contribution >= 4 is 0 Å². The fourth-order valence-corrected chi connectivity index (χ4v) is 2.64. The van der Waals surface area contributed by atoms with Crippen molar-refractivity contribution in [3.63, 3.8) is 0 Å². The Morgan fingerprint density at radius 2 is 2.00 bits per heavy atom. The molecule has 0 heterocycles. The molecule has 0 nitrogen and oxygen atoms in total. The second-order valence-corrected chi connectivity index (χ2v) is 4.89. The maximum Gasteiger partial charge on any atom is 4.00 e. The van der Waals surface area contributed by atoms with Gasteiger partial charge in [0.1, 0.15) is 0 Å². The van der Waals surface area contributed by atoms with E-state index in [1.54, 1.807) is 5.57 Å². The quantitative estimate of drug-likeness (QED) is 0.443. The standard InChI is InChI=1S/C11H15.C5H5.2ClH.Zr/c1-8-6-10-5-3-4-9(2)11(10)7-8;1-2-4-5-3-1;;;/h3-6,8,10-11H,7H2,1-2H3;1-3H,4H2;2*1H;/q2*-1;;;+4/p-2. The van der Waals surface area contributed by atoms with E-state index in [-0.39, 0.29) is 51.0 Å². The molecule has 0 aliphatic heterocycles. The molecule has 3 aliphatic carbocycles. The summed E-state index contributed by atoms with van der Waals surface area (Å²) in [7, 11) is 0. The Bertz CT molecular complexity index is 346. The Labute approximate surface area is 149 Å². The smallest absolute Gasteiger partial charge is 1.00 e. The third kappa shape index (κ3) is 6.61. The van der Waals surface area contributed by atoms with Crippen LogP contribution in [0.15, 0.2) is 42.0 Å².